The molecule has 0 aliphatic heterocycles. The molecule has 4 rings (SSSR count). The van der Waals surface area contributed by atoms with Gasteiger partial charge in [0, 0.05) is 38.8 Å². The van der Waals surface area contributed by atoms with E-state index in [1.807, 2.05) is 0 Å². The van der Waals surface area contributed by atoms with Crippen LogP contribution in [0, 0.1) is 11.2 Å². The Morgan fingerprint density at radius 3 is 2.43 bits per heavy atom. The Kier molecular flexibility index (Phi) is 11.7. The van der Waals surface area contributed by atoms with Gasteiger partial charge in [-0.15, -0.1) is 0 Å². The third-order valence-electron chi connectivity index (χ3n) is 6.83. The highest BCUT2D eigenvalue weighted by Gasteiger charge is 2.35. The number of hydrogen-bond acceptors (Lipinski definition) is 7. The van der Waals surface area contributed by atoms with Crippen LogP contribution >= 0.6 is 34.8 Å². The molecule has 0 saturated heterocycles. The van der Waals surface area contributed by atoms with E-state index in [4.69, 9.17) is 44.9 Å². The summed E-state index contributed by atoms with van der Waals surface area (Å²) in [5.41, 5.74) is -1.24. The predicted molar refractivity (Wildman–Crippen MR) is 175 cm³/mol. The van der Waals surface area contributed by atoms with Crippen molar-refractivity contribution < 1.29 is 40.7 Å². The largest absolute Gasteiger partial charge is 0.487 e. The summed E-state index contributed by atoms with van der Waals surface area (Å²) < 4.78 is 84.9. The second kappa shape index (κ2) is 15.3. The van der Waals surface area contributed by atoms with Gasteiger partial charge in [-0.25, -0.2) is 18.2 Å². The van der Waals surface area contributed by atoms with E-state index in [-0.39, 0.29) is 55.8 Å². The normalized spacial score (nSPS) is 12.0. The summed E-state index contributed by atoms with van der Waals surface area (Å²) >= 11 is 18.8. The zero-order chi connectivity index (χ0) is 36.2. The summed E-state index contributed by atoms with van der Waals surface area (Å²) in [5.74, 6) is -2.54. The molecular weight excluding hydrogens is 727 g/mol. The Bertz CT molecular complexity index is 1970. The molecule has 0 atom stereocenters. The van der Waals surface area contributed by atoms with Gasteiger partial charge in [0.15, 0.2) is 0 Å². The van der Waals surface area contributed by atoms with Gasteiger partial charge in [-0.05, 0) is 35.9 Å². The summed E-state index contributed by atoms with van der Waals surface area (Å²) in [6.07, 6.45) is -8.81. The summed E-state index contributed by atoms with van der Waals surface area (Å²) in [6.45, 7) is -1.28. The Morgan fingerprint density at radius 1 is 1.08 bits per heavy atom. The number of alkyl halides is 5. The highest BCUT2D eigenvalue weighted by atomic mass is 35.5. The lowest BCUT2D eigenvalue weighted by molar-refractivity contribution is -0.115. The van der Waals surface area contributed by atoms with Crippen molar-refractivity contribution in [2.75, 3.05) is 24.3 Å². The first-order chi connectivity index (χ1) is 23.0. The topological polar surface area (TPSA) is 133 Å². The number of carbonyl (C=O) groups is 2. The van der Waals surface area contributed by atoms with Crippen molar-refractivity contribution in [2.45, 2.75) is 25.6 Å². The Labute approximate surface area is 288 Å². The molecule has 2 amide bonds. The molecule has 0 bridgehead atoms. The van der Waals surface area contributed by atoms with Gasteiger partial charge < -0.3 is 30.7 Å². The van der Waals surface area contributed by atoms with E-state index < -0.39 is 54.7 Å². The van der Waals surface area contributed by atoms with E-state index in [1.165, 1.54) is 41.0 Å². The molecular formula is C30H24Cl3F6N7O3. The number of halogens is 9. The lowest BCUT2D eigenvalue weighted by Gasteiger charge is -2.15. The minimum Gasteiger partial charge on any atom is -0.487 e. The molecule has 1 heterocycles. The molecule has 0 radical (unpaired) electrons. The number of imidazole rings is 1. The Hall–Kier alpha value is -4.54. The fourth-order valence-corrected chi connectivity index (χ4v) is 5.03. The van der Waals surface area contributed by atoms with Gasteiger partial charge in [0.2, 0.25) is 5.95 Å². The minimum atomic E-state index is -4.92. The summed E-state index contributed by atoms with van der Waals surface area (Å²) in [6, 6.07) is 8.98. The molecule has 0 aliphatic rings. The zero-order valence-corrected chi connectivity index (χ0v) is 27.5. The maximum atomic E-state index is 13.6. The number of nitrogens with zero attached hydrogens (tertiary/aromatic N) is 3. The van der Waals surface area contributed by atoms with Crippen LogP contribution in [-0.2, 0) is 18.4 Å². The number of aryl methyl sites for hydroxylation is 1. The monoisotopic (exact) mass is 749 g/mol. The van der Waals surface area contributed by atoms with Crippen LogP contribution in [0.5, 0.6) is 5.75 Å². The number of rotatable bonds is 12. The van der Waals surface area contributed by atoms with Crippen LogP contribution < -0.4 is 20.7 Å². The van der Waals surface area contributed by atoms with Crippen molar-refractivity contribution in [2.24, 2.45) is 12.0 Å². The first-order valence-electron chi connectivity index (χ1n) is 13.8. The number of hydrogen-bond donors (Lipinski definition) is 4. The molecule has 10 nitrogen and oxygen atoms in total. The van der Waals surface area contributed by atoms with E-state index in [1.54, 1.807) is 7.05 Å². The molecule has 0 unspecified atom stereocenters. The number of anilines is 3. The fraction of sp³-hybridized carbons (Fsp3) is 0.233. The van der Waals surface area contributed by atoms with E-state index >= 15 is 0 Å². The molecule has 0 aliphatic carbocycles. The highest BCUT2D eigenvalue weighted by molar-refractivity contribution is 6.42. The maximum Gasteiger partial charge on any atom is 0.429 e. The molecule has 49 heavy (non-hydrogen) atoms. The van der Waals surface area contributed by atoms with Crippen LogP contribution in [0.4, 0.5) is 43.7 Å². The fourth-order valence-electron chi connectivity index (χ4n) is 4.32. The molecule has 0 saturated carbocycles. The van der Waals surface area contributed by atoms with Gasteiger partial charge in [-0.3, -0.25) is 14.6 Å². The van der Waals surface area contributed by atoms with Crippen molar-refractivity contribution in [1.82, 2.24) is 14.9 Å². The van der Waals surface area contributed by atoms with Gasteiger partial charge in [-0.1, -0.05) is 40.9 Å². The third kappa shape index (κ3) is 8.93. The number of amides is 2. The van der Waals surface area contributed by atoms with Crippen LogP contribution in [0.15, 0.2) is 47.5 Å². The summed E-state index contributed by atoms with van der Waals surface area (Å²) in [5, 5.41) is 14.9. The van der Waals surface area contributed by atoms with Crippen molar-refractivity contribution >= 4 is 86.4 Å². The van der Waals surface area contributed by atoms with Crippen molar-refractivity contribution in [1.29, 1.82) is 5.41 Å². The second-order valence-electron chi connectivity index (χ2n) is 10.1. The highest BCUT2D eigenvalue weighted by Crippen LogP contribution is 2.37. The van der Waals surface area contributed by atoms with Crippen LogP contribution in [0.2, 0.25) is 15.1 Å². The van der Waals surface area contributed by atoms with Gasteiger partial charge in [0.25, 0.3) is 18.2 Å². The van der Waals surface area contributed by atoms with Crippen LogP contribution in [0.1, 0.15) is 22.3 Å². The first-order valence-corrected chi connectivity index (χ1v) is 14.9. The molecule has 19 heteroatoms. The number of aromatic nitrogens is 2. The van der Waals surface area contributed by atoms with Gasteiger partial charge in [0.1, 0.15) is 29.6 Å². The quantitative estimate of drug-likeness (QED) is 0.0862. The molecule has 1 aromatic heterocycles. The van der Waals surface area contributed by atoms with E-state index in [2.05, 4.69) is 25.9 Å². The van der Waals surface area contributed by atoms with Crippen LogP contribution in [0.3, 0.4) is 0 Å². The number of carbonyl (C=O) groups excluding carboxylic acids is 2. The van der Waals surface area contributed by atoms with Crippen molar-refractivity contribution in [3.63, 3.8) is 0 Å². The lowest BCUT2D eigenvalue weighted by atomic mass is 10.1. The van der Waals surface area contributed by atoms with Crippen molar-refractivity contribution in [3.8, 4) is 5.75 Å². The average molecular weight is 751 g/mol. The zero-order valence-electron chi connectivity index (χ0n) is 25.2. The number of nitrogens with one attached hydrogen (secondary N) is 4. The minimum absolute atomic E-state index is 0.0110. The lowest BCUT2D eigenvalue weighted by Crippen LogP contribution is -2.35. The van der Waals surface area contributed by atoms with Crippen LogP contribution in [-0.4, -0.2) is 59.0 Å². The number of aliphatic imine (C=N–C) groups is 1. The molecule has 3 aromatic carbocycles. The summed E-state index contributed by atoms with van der Waals surface area (Å²) in [7, 11) is 2.68. The number of fused-ring (bicyclic) bond motifs is 1. The smallest absolute Gasteiger partial charge is 0.429 e. The first kappa shape index (κ1) is 37.3. The molecule has 4 N–H and O–H groups in total. The Morgan fingerprint density at radius 2 is 1.80 bits per heavy atom. The Balaban J connectivity index is 1.62. The average Bonchev–Trinajstić information content (AvgIpc) is 3.34. The number of benzene rings is 3. The molecule has 260 valence electrons. The van der Waals surface area contributed by atoms with E-state index in [9.17, 15) is 35.9 Å². The van der Waals surface area contributed by atoms with Crippen molar-refractivity contribution in [3.05, 3.63) is 74.5 Å². The number of ether oxygens (including phenoxy) is 1. The van der Waals surface area contributed by atoms with E-state index in [0.717, 1.165) is 13.1 Å². The van der Waals surface area contributed by atoms with Gasteiger partial charge >= 0.3 is 6.18 Å². The second-order valence-corrected chi connectivity index (χ2v) is 11.3. The van der Waals surface area contributed by atoms with E-state index in [0.29, 0.717) is 11.1 Å². The maximum absolute atomic E-state index is 13.6. The predicted octanol–water partition coefficient (Wildman–Crippen LogP) is 7.97. The molecule has 4 aromatic rings. The molecule has 0 spiro atoms. The van der Waals surface area contributed by atoms with Gasteiger partial charge in [-0.2, -0.15) is 13.2 Å². The SMILES string of the molecule is CN=C(CC(=N)C(F)(F)F)C(=O)NCc1ccc(Cl)c(Nc2nc3cc(C(=O)Nc4ccc(F)c(Cl)c4)c(OCC(F)F)cc3n2C)c1Cl. The van der Waals surface area contributed by atoms with Crippen LogP contribution in [0.25, 0.3) is 11.0 Å². The summed E-state index contributed by atoms with van der Waals surface area (Å²) in [4.78, 5) is 33.7. The standard InChI is InChI=1S/C30H24Cl3F6N7O3/c1-41-20(9-23(40)30(37,38)39)28(48)42-11-13-3-5-16(31)26(25(13)33)45-29-44-19-8-15(22(49-12-24(35)36)10-21(19)46(29)2)27(47)43-14-4-6-18(34)17(32)7-14/h3-8,10,24,40H,9,11-12H2,1-2H3,(H,42,48)(H,43,47)(H,44,45). The molecule has 0 fully saturated rings. The third-order valence-corrected chi connectivity index (χ3v) is 7.87. The van der Waals surface area contributed by atoms with Gasteiger partial charge in [0.05, 0.1) is 37.4 Å².